The van der Waals surface area contributed by atoms with Crippen molar-refractivity contribution in [2.75, 3.05) is 10.6 Å². The Kier molecular flexibility index (Phi) is 9.75. The third-order valence-electron chi connectivity index (χ3n) is 3.72. The zero-order chi connectivity index (χ0) is 18.5. The first kappa shape index (κ1) is 24.2. The number of nitrogens with one attached hydrogen (secondary N) is 2. The molecular formula is C20H18N2Na2O4. The third kappa shape index (κ3) is 6.10. The molecule has 0 amide bonds. The van der Waals surface area contributed by atoms with E-state index in [1.165, 1.54) is 12.1 Å². The van der Waals surface area contributed by atoms with Gasteiger partial charge >= 0.3 is 71.1 Å². The normalized spacial score (nSPS) is 9.43. The molecule has 0 aromatic heterocycles. The predicted molar refractivity (Wildman–Crippen MR) is 114 cm³/mol. The number of hydrogen-bond acceptors (Lipinski definition) is 4. The molecule has 0 saturated heterocycles. The molecule has 3 aromatic rings. The summed E-state index contributed by atoms with van der Waals surface area (Å²) in [5.74, 6) is -2.31. The Labute approximate surface area is 206 Å². The Morgan fingerprint density at radius 1 is 0.607 bits per heavy atom. The Balaban J connectivity index is 0.00000196. The van der Waals surface area contributed by atoms with Crippen molar-refractivity contribution in [3.8, 4) is 0 Å². The van der Waals surface area contributed by atoms with Crippen LogP contribution in [-0.2, 0) is 0 Å². The van der Waals surface area contributed by atoms with Crippen LogP contribution >= 0.6 is 0 Å². The van der Waals surface area contributed by atoms with E-state index in [2.05, 4.69) is 10.6 Å². The number of carbonyl (C=O) groups is 2. The van der Waals surface area contributed by atoms with Gasteiger partial charge in [0.05, 0.1) is 22.5 Å². The van der Waals surface area contributed by atoms with Crippen LogP contribution in [0.3, 0.4) is 0 Å². The average Bonchev–Trinajstić information content (AvgIpc) is 2.64. The molecule has 3 aromatic carbocycles. The second kappa shape index (κ2) is 11.3. The molecule has 0 atom stereocenters. The van der Waals surface area contributed by atoms with Crippen molar-refractivity contribution in [2.45, 2.75) is 0 Å². The van der Waals surface area contributed by atoms with Gasteiger partial charge in [-0.05, 0) is 36.4 Å². The van der Waals surface area contributed by atoms with E-state index < -0.39 is 11.9 Å². The van der Waals surface area contributed by atoms with Crippen molar-refractivity contribution in [2.24, 2.45) is 0 Å². The van der Waals surface area contributed by atoms with Gasteiger partial charge in [0.15, 0.2) is 0 Å². The van der Waals surface area contributed by atoms with Crippen LogP contribution in [0, 0.1) is 0 Å². The molecule has 0 saturated carbocycles. The topological polar surface area (TPSA) is 98.7 Å². The number of rotatable bonds is 6. The Morgan fingerprint density at radius 2 is 0.929 bits per heavy atom. The van der Waals surface area contributed by atoms with Gasteiger partial charge in [-0.2, -0.15) is 0 Å². The quantitative estimate of drug-likeness (QED) is 0.478. The Bertz CT molecular complexity index is 872. The van der Waals surface area contributed by atoms with Gasteiger partial charge in [-0.25, -0.2) is 9.59 Å². The second-order valence-electron chi connectivity index (χ2n) is 5.54. The summed E-state index contributed by atoms with van der Waals surface area (Å²) in [5, 5.41) is 25.0. The molecule has 0 aliphatic rings. The molecule has 0 unspecified atom stereocenters. The fourth-order valence-electron chi connectivity index (χ4n) is 2.51. The Morgan fingerprint density at radius 3 is 1.21 bits per heavy atom. The van der Waals surface area contributed by atoms with E-state index in [4.69, 9.17) is 0 Å². The van der Waals surface area contributed by atoms with E-state index in [1.54, 1.807) is 48.5 Å². The van der Waals surface area contributed by atoms with Crippen LogP contribution in [0.25, 0.3) is 0 Å². The summed E-state index contributed by atoms with van der Waals surface area (Å²) in [5.41, 5.74) is 1.68. The minimum absolute atomic E-state index is 0. The predicted octanol–water partition coefficient (Wildman–Crippen LogP) is 3.27. The van der Waals surface area contributed by atoms with Gasteiger partial charge in [0.1, 0.15) is 0 Å². The van der Waals surface area contributed by atoms with Crippen molar-refractivity contribution in [3.63, 3.8) is 0 Å². The maximum atomic E-state index is 11.7. The molecule has 0 aliphatic carbocycles. The number of hydrogen-bond donors (Lipinski definition) is 4. The molecule has 0 fully saturated rings. The summed E-state index contributed by atoms with van der Waals surface area (Å²) < 4.78 is 0. The second-order valence-corrected chi connectivity index (χ2v) is 5.54. The summed E-state index contributed by atoms with van der Waals surface area (Å²) in [4.78, 5) is 23.4. The van der Waals surface area contributed by atoms with Gasteiger partial charge in [0.25, 0.3) is 0 Å². The molecule has 4 N–H and O–H groups in total. The molecule has 8 heteroatoms. The molecule has 0 radical (unpaired) electrons. The number of aromatic carboxylic acids is 2. The zero-order valence-electron chi connectivity index (χ0n) is 13.6. The third-order valence-corrected chi connectivity index (χ3v) is 3.72. The number of carboxylic acids is 2. The summed E-state index contributed by atoms with van der Waals surface area (Å²) in [6, 6.07) is 20.6. The van der Waals surface area contributed by atoms with Crippen LogP contribution in [-0.4, -0.2) is 81.3 Å². The number of benzene rings is 3. The first-order valence-electron chi connectivity index (χ1n) is 7.83. The van der Waals surface area contributed by atoms with Gasteiger partial charge in [0, 0.05) is 11.4 Å². The molecule has 134 valence electrons. The van der Waals surface area contributed by atoms with Crippen molar-refractivity contribution >= 4 is 93.8 Å². The summed E-state index contributed by atoms with van der Waals surface area (Å²) >= 11 is 0. The van der Waals surface area contributed by atoms with Crippen molar-refractivity contribution < 1.29 is 19.8 Å². The number of para-hydroxylation sites is 2. The molecule has 0 aliphatic heterocycles. The van der Waals surface area contributed by atoms with Gasteiger partial charge < -0.3 is 20.8 Å². The maximum absolute atomic E-state index is 11.7. The molecule has 6 nitrogen and oxygen atoms in total. The van der Waals surface area contributed by atoms with Gasteiger partial charge in [-0.15, -0.1) is 0 Å². The van der Waals surface area contributed by atoms with E-state index in [-0.39, 0.29) is 81.6 Å². The zero-order valence-corrected chi connectivity index (χ0v) is 13.6. The van der Waals surface area contributed by atoms with Crippen LogP contribution in [0.15, 0.2) is 72.8 Å². The van der Waals surface area contributed by atoms with Crippen molar-refractivity contribution in [3.05, 3.63) is 83.9 Å². The standard InChI is InChI=1S/C20H16N2O4.2Na.2H/c23-19(24)15-12-18(22-14-9-5-2-6-10-14)16(20(25)26)11-17(15)21-13-7-3-1-4-8-13;;;;/h1-12,21-22H,(H,23,24)(H,25,26);;;;. The van der Waals surface area contributed by atoms with E-state index in [9.17, 15) is 19.8 Å². The monoisotopic (exact) mass is 396 g/mol. The minimum atomic E-state index is -1.16. The fourth-order valence-corrected chi connectivity index (χ4v) is 2.51. The molecule has 0 spiro atoms. The first-order chi connectivity index (χ1) is 12.5. The summed E-state index contributed by atoms with van der Waals surface area (Å²) in [6.45, 7) is 0. The van der Waals surface area contributed by atoms with Crippen LogP contribution in [0.2, 0.25) is 0 Å². The van der Waals surface area contributed by atoms with E-state index in [1.807, 2.05) is 12.1 Å². The SMILES string of the molecule is O=C(O)c1cc(Nc2ccccc2)c(C(=O)O)cc1Nc1ccccc1.[NaH].[NaH]. The van der Waals surface area contributed by atoms with Crippen molar-refractivity contribution in [1.29, 1.82) is 0 Å². The van der Waals surface area contributed by atoms with Crippen LogP contribution < -0.4 is 10.6 Å². The molecule has 0 bridgehead atoms. The first-order valence-corrected chi connectivity index (χ1v) is 7.83. The van der Waals surface area contributed by atoms with Crippen LogP contribution in [0.4, 0.5) is 22.7 Å². The van der Waals surface area contributed by atoms with Gasteiger partial charge in [0.2, 0.25) is 0 Å². The molecule has 0 heterocycles. The molecular weight excluding hydrogens is 378 g/mol. The Hall–Kier alpha value is -1.80. The van der Waals surface area contributed by atoms with Crippen LogP contribution in [0.5, 0.6) is 0 Å². The number of anilines is 4. The summed E-state index contributed by atoms with van der Waals surface area (Å²) in [6.07, 6.45) is 0. The average molecular weight is 396 g/mol. The number of carboxylic acid groups (broad SMARTS) is 2. The van der Waals surface area contributed by atoms with Crippen LogP contribution in [0.1, 0.15) is 20.7 Å². The fraction of sp³-hybridized carbons (Fsp3) is 0. The van der Waals surface area contributed by atoms with Crippen molar-refractivity contribution in [1.82, 2.24) is 0 Å². The summed E-state index contributed by atoms with van der Waals surface area (Å²) in [7, 11) is 0. The molecule has 28 heavy (non-hydrogen) atoms. The van der Waals surface area contributed by atoms with Gasteiger partial charge in [-0.1, -0.05) is 36.4 Å². The van der Waals surface area contributed by atoms with E-state index >= 15 is 0 Å². The van der Waals surface area contributed by atoms with E-state index in [0.717, 1.165) is 0 Å². The molecule has 3 rings (SSSR count). The van der Waals surface area contributed by atoms with E-state index in [0.29, 0.717) is 11.4 Å². The van der Waals surface area contributed by atoms with Gasteiger partial charge in [-0.3, -0.25) is 0 Å².